The van der Waals surface area contributed by atoms with Crippen LogP contribution in [0.15, 0.2) is 187 Å². The third-order valence-electron chi connectivity index (χ3n) is 17.1. The molecule has 0 unspecified atom stereocenters. The molecule has 9 aromatic rings. The molecule has 0 amide bonds. The number of nitrogens with zero attached hydrogens (tertiary/aromatic N) is 9. The molecule has 0 aliphatic carbocycles. The van der Waals surface area contributed by atoms with Gasteiger partial charge in [0.1, 0.15) is 16.2 Å². The molecule has 3 aliphatic rings. The fourth-order valence-electron chi connectivity index (χ4n) is 12.0. The second-order valence-corrected chi connectivity index (χ2v) is 32.0. The monoisotopic (exact) mass is 1630 g/mol. The first-order chi connectivity index (χ1) is 49.3. The molecule has 3 aromatic heterocycles. The van der Waals surface area contributed by atoms with Crippen molar-refractivity contribution in [3.05, 3.63) is 266 Å². The smallest absolute Gasteiger partial charge is 0.126 e. The summed E-state index contributed by atoms with van der Waals surface area (Å²) in [6.07, 6.45) is 5.86. The molecule has 0 spiro atoms. The highest BCUT2D eigenvalue weighted by molar-refractivity contribution is 9.10. The lowest BCUT2D eigenvalue weighted by atomic mass is 10.0. The molecule has 0 saturated carbocycles. The van der Waals surface area contributed by atoms with Gasteiger partial charge in [-0.05, 0) is 197 Å². The van der Waals surface area contributed by atoms with Crippen molar-refractivity contribution in [2.24, 2.45) is 23.3 Å². The van der Waals surface area contributed by atoms with Crippen LogP contribution in [0.4, 0.5) is 28.7 Å². The third-order valence-corrected chi connectivity index (χ3v) is 19.9. The number of nitrogens with two attached hydrogens (primary N) is 2. The molecule has 0 radical (unpaired) electrons. The Bertz CT molecular complexity index is 4010. The van der Waals surface area contributed by atoms with Crippen molar-refractivity contribution in [2.75, 3.05) is 97.3 Å². The summed E-state index contributed by atoms with van der Waals surface area (Å²) in [5, 5.41) is 12.9. The van der Waals surface area contributed by atoms with Crippen molar-refractivity contribution in [2.45, 2.75) is 105 Å². The standard InChI is InChI=1S/C26H29Cl3N4.C25H27Cl3N4.C22H19BrCl3N3.C4H11N.C3H9N/c1-18(2)14-30-26-10-3-19(15-31-26)16-32-11-12-33(24-9-8-22(28)13-23(24)29)25(17-32)20-4-6-21(27)7-5-20;1-17(2)30-25-10-3-18(14-29-25)15-31-11-12-32(23-9-8-21(27)13-22(23)28)24(16-31)19-4-6-20(26)7-5-19;23-22-8-1-15(12-27-22)13-28-9-10-29(20-7-6-18(25)11-19(20)26)21(14-28)16-2-4-17(24)5-3-16;1-4(2)3-5;1-3(2)4/h3-10,13,15,18,25H,11-12,14,16-17H2,1-2H3,(H,30,31);3-10,13-14,17,24H,11-12,15-16H2,1-2H3,(H,29,30);1-8,11-12,21H,9-10,13-14H2;4H,3,5H2,1-2H3;3H,4H2,1-2H3/t25-;24-;21-;;/m000../s1. The van der Waals surface area contributed by atoms with Gasteiger partial charge < -0.3 is 36.8 Å². The fourth-order valence-corrected chi connectivity index (χ4v) is 14.1. The van der Waals surface area contributed by atoms with E-state index in [0.29, 0.717) is 54.1 Å². The lowest BCUT2D eigenvalue weighted by molar-refractivity contribution is 0.215. The van der Waals surface area contributed by atoms with Crippen molar-refractivity contribution in [1.29, 1.82) is 0 Å². The molecule has 12 rings (SSSR count). The van der Waals surface area contributed by atoms with E-state index in [2.05, 4.69) is 179 Å². The lowest BCUT2D eigenvalue weighted by Gasteiger charge is -2.43. The summed E-state index contributed by atoms with van der Waals surface area (Å²) in [4.78, 5) is 28.0. The van der Waals surface area contributed by atoms with Gasteiger partial charge in [0.05, 0.1) is 50.3 Å². The molecule has 6 heterocycles. The van der Waals surface area contributed by atoms with Crippen LogP contribution in [0.3, 0.4) is 0 Å². The van der Waals surface area contributed by atoms with Gasteiger partial charge in [-0.25, -0.2) is 15.0 Å². The lowest BCUT2D eigenvalue weighted by Crippen LogP contribution is -2.48. The van der Waals surface area contributed by atoms with E-state index in [1.165, 1.54) is 33.4 Å². The first-order valence-corrected chi connectivity index (χ1v) is 39.0. The Kier molecular flexibility index (Phi) is 33.7. The Morgan fingerprint density at radius 3 is 0.990 bits per heavy atom. The van der Waals surface area contributed by atoms with Crippen molar-refractivity contribution in [3.63, 3.8) is 0 Å². The topological polar surface area (TPSA) is 134 Å². The first kappa shape index (κ1) is 83.3. The number of halogens is 10. The number of aromatic nitrogens is 3. The average Bonchev–Trinajstić information content (AvgIpc) is 0.803. The van der Waals surface area contributed by atoms with Crippen LogP contribution in [-0.2, 0) is 19.6 Å². The maximum atomic E-state index is 6.59. The Labute approximate surface area is 664 Å². The van der Waals surface area contributed by atoms with E-state index in [9.17, 15) is 0 Å². The molecule has 3 aliphatic heterocycles. The number of benzene rings is 6. The summed E-state index contributed by atoms with van der Waals surface area (Å²) in [7, 11) is 0. The first-order valence-electron chi connectivity index (χ1n) is 34.8. The largest absolute Gasteiger partial charge is 0.370 e. The van der Waals surface area contributed by atoms with Crippen molar-refractivity contribution in [3.8, 4) is 0 Å². The highest BCUT2D eigenvalue weighted by Gasteiger charge is 2.33. The second-order valence-electron chi connectivity index (χ2n) is 27.3. The molecule has 0 bridgehead atoms. The van der Waals surface area contributed by atoms with E-state index in [-0.39, 0.29) is 18.1 Å². The van der Waals surface area contributed by atoms with Gasteiger partial charge in [0.25, 0.3) is 0 Å². The minimum absolute atomic E-state index is 0.148. The van der Waals surface area contributed by atoms with E-state index in [1.807, 2.05) is 123 Å². The Morgan fingerprint density at radius 1 is 0.408 bits per heavy atom. The molecule has 550 valence electrons. The van der Waals surface area contributed by atoms with E-state index >= 15 is 0 Å². The van der Waals surface area contributed by atoms with E-state index in [0.717, 1.165) is 140 Å². The van der Waals surface area contributed by atoms with Crippen molar-refractivity contribution < 1.29 is 0 Å². The van der Waals surface area contributed by atoms with Crippen molar-refractivity contribution in [1.82, 2.24) is 29.7 Å². The van der Waals surface area contributed by atoms with Crippen LogP contribution in [-0.4, -0.2) is 114 Å². The Balaban J connectivity index is 0.000000185. The van der Waals surface area contributed by atoms with Crippen LogP contribution < -0.4 is 36.8 Å². The van der Waals surface area contributed by atoms with Crippen LogP contribution in [0, 0.1) is 11.8 Å². The fraction of sp³-hybridized carbons (Fsp3) is 0.362. The van der Waals surface area contributed by atoms with Gasteiger partial charge in [-0.2, -0.15) is 0 Å². The highest BCUT2D eigenvalue weighted by Crippen LogP contribution is 2.41. The molecular formula is C80H95BrCl9N13. The predicted octanol–water partition coefficient (Wildman–Crippen LogP) is 21.9. The van der Waals surface area contributed by atoms with Crippen LogP contribution in [0.25, 0.3) is 0 Å². The van der Waals surface area contributed by atoms with Gasteiger partial charge in [0.2, 0.25) is 0 Å². The molecular weight excluding hydrogens is 1540 g/mol. The van der Waals surface area contributed by atoms with Crippen LogP contribution >= 0.6 is 120 Å². The van der Waals surface area contributed by atoms with Crippen molar-refractivity contribution >= 4 is 149 Å². The van der Waals surface area contributed by atoms with E-state index in [1.54, 1.807) is 6.07 Å². The van der Waals surface area contributed by atoms with Gasteiger partial charge in [0, 0.05) is 140 Å². The zero-order valence-corrected chi connectivity index (χ0v) is 68.1. The van der Waals surface area contributed by atoms with E-state index in [4.69, 9.17) is 116 Å². The Morgan fingerprint density at radius 2 is 0.718 bits per heavy atom. The van der Waals surface area contributed by atoms with Crippen LogP contribution in [0.5, 0.6) is 0 Å². The zero-order valence-electron chi connectivity index (χ0n) is 59.7. The number of rotatable bonds is 18. The minimum atomic E-state index is 0.148. The molecule has 6 aromatic carbocycles. The second kappa shape index (κ2) is 41.7. The van der Waals surface area contributed by atoms with Gasteiger partial charge in [-0.1, -0.05) is 201 Å². The van der Waals surface area contributed by atoms with Gasteiger partial charge in [-0.15, -0.1) is 0 Å². The predicted molar refractivity (Wildman–Crippen MR) is 446 cm³/mol. The summed E-state index contributed by atoms with van der Waals surface area (Å²) >= 11 is 60.0. The normalized spacial score (nSPS) is 16.5. The number of nitrogens with one attached hydrogen (secondary N) is 2. The maximum Gasteiger partial charge on any atom is 0.126 e. The third kappa shape index (κ3) is 26.8. The molecule has 6 N–H and O–H groups in total. The van der Waals surface area contributed by atoms with Gasteiger partial charge in [0.15, 0.2) is 0 Å². The Hall–Kier alpha value is -5.34. The van der Waals surface area contributed by atoms with Gasteiger partial charge in [-0.3, -0.25) is 14.7 Å². The van der Waals surface area contributed by atoms with Crippen LogP contribution in [0.1, 0.15) is 107 Å². The summed E-state index contributed by atoms with van der Waals surface area (Å²) < 4.78 is 0.850. The molecule has 3 saturated heterocycles. The number of piperazine rings is 3. The quantitative estimate of drug-likeness (QED) is 0.0608. The maximum absolute atomic E-state index is 6.59. The molecule has 3 atom stereocenters. The number of anilines is 5. The SMILES string of the molecule is CC(C)CN.CC(C)CNc1ccc(CN2CCN(c3ccc(Cl)cc3Cl)[C@H](c3ccc(Cl)cc3)C2)cn1.CC(C)N.CC(C)Nc1ccc(CN2CCN(c3ccc(Cl)cc3Cl)[C@H](c3ccc(Cl)cc3)C2)cn1.Clc1ccc([C@@H]2CN(Cc3ccc(Br)nc3)CCN2c2ccc(Cl)cc2Cl)cc1. The minimum Gasteiger partial charge on any atom is -0.370 e. The molecule has 103 heavy (non-hydrogen) atoms. The summed E-state index contributed by atoms with van der Waals surface area (Å²) in [6.45, 7) is 28.9. The summed E-state index contributed by atoms with van der Waals surface area (Å²) in [6, 6.07) is 55.0. The average molecular weight is 1640 g/mol. The molecule has 3 fully saturated rings. The van der Waals surface area contributed by atoms with Gasteiger partial charge >= 0.3 is 0 Å². The number of hydrogen-bond donors (Lipinski definition) is 4. The number of hydrogen-bond acceptors (Lipinski definition) is 13. The molecule has 13 nitrogen and oxygen atoms in total. The van der Waals surface area contributed by atoms with Crippen LogP contribution in [0.2, 0.25) is 45.2 Å². The highest BCUT2D eigenvalue weighted by atomic mass is 79.9. The van der Waals surface area contributed by atoms with E-state index < -0.39 is 0 Å². The molecule has 23 heteroatoms. The zero-order chi connectivity index (χ0) is 74.3. The number of pyridine rings is 3. The summed E-state index contributed by atoms with van der Waals surface area (Å²) in [5.74, 6) is 3.08. The summed E-state index contributed by atoms with van der Waals surface area (Å²) in [5.41, 5.74) is 20.5.